The molecule has 3 unspecified atom stereocenters. The Hall–Kier alpha value is -3.26. The van der Waals surface area contributed by atoms with Gasteiger partial charge in [-0.15, -0.1) is 0 Å². The molecule has 1 saturated carbocycles. The molecule has 3 aromatic rings. The molecule has 6 rings (SSSR count). The molecule has 2 aliphatic carbocycles. The van der Waals surface area contributed by atoms with E-state index >= 15 is 0 Å². The van der Waals surface area contributed by atoms with E-state index in [4.69, 9.17) is 19.6 Å². The van der Waals surface area contributed by atoms with Crippen molar-refractivity contribution in [2.75, 3.05) is 13.2 Å². The molecule has 0 aromatic carbocycles. The van der Waals surface area contributed by atoms with Crippen molar-refractivity contribution >= 4 is 6.09 Å². The van der Waals surface area contributed by atoms with E-state index in [1.165, 1.54) is 24.1 Å². The van der Waals surface area contributed by atoms with Gasteiger partial charge in [-0.1, -0.05) is 32.9 Å². The largest absolute Gasteiger partial charge is 0.444 e. The molecule has 2 bridgehead atoms. The van der Waals surface area contributed by atoms with Crippen LogP contribution >= 0.6 is 0 Å². The van der Waals surface area contributed by atoms with Crippen LogP contribution in [0.5, 0.6) is 0 Å². The van der Waals surface area contributed by atoms with Crippen molar-refractivity contribution in [2.24, 2.45) is 5.41 Å². The first-order valence-electron chi connectivity index (χ1n) is 15.6. The number of aromatic nitrogens is 4. The zero-order valence-corrected chi connectivity index (χ0v) is 26.0. The molecule has 1 amide bonds. The van der Waals surface area contributed by atoms with Crippen molar-refractivity contribution in [1.29, 1.82) is 0 Å². The number of nitrogens with zero attached hydrogens (tertiary/aromatic N) is 5. The Bertz CT molecular complexity index is 1440. The molecule has 3 aliphatic rings. The summed E-state index contributed by atoms with van der Waals surface area (Å²) < 4.78 is 14.2. The molecule has 1 aliphatic heterocycles. The van der Waals surface area contributed by atoms with Crippen molar-refractivity contribution < 1.29 is 14.3 Å². The number of carbonyl (C=O) groups excluding carboxylic acids is 1. The molecule has 42 heavy (non-hydrogen) atoms. The average molecular weight is 572 g/mol. The first-order valence-corrected chi connectivity index (χ1v) is 15.6. The molecule has 4 heterocycles. The summed E-state index contributed by atoms with van der Waals surface area (Å²) in [4.78, 5) is 24.5. The molecular weight excluding hydrogens is 526 g/mol. The van der Waals surface area contributed by atoms with Gasteiger partial charge in [0.25, 0.3) is 0 Å². The molecular formula is C34H45N5O3. The number of amides is 1. The van der Waals surface area contributed by atoms with Crippen LogP contribution in [-0.2, 0) is 27.9 Å². The van der Waals surface area contributed by atoms with Crippen LogP contribution in [-0.4, -0.2) is 49.5 Å². The van der Waals surface area contributed by atoms with Gasteiger partial charge < -0.3 is 14.4 Å². The van der Waals surface area contributed by atoms with Crippen LogP contribution in [0.4, 0.5) is 4.79 Å². The second kappa shape index (κ2) is 10.8. The minimum atomic E-state index is -0.582. The number of ether oxygens (including phenoxy) is 2. The van der Waals surface area contributed by atoms with Gasteiger partial charge in [0, 0.05) is 42.4 Å². The fourth-order valence-electron chi connectivity index (χ4n) is 7.24. The summed E-state index contributed by atoms with van der Waals surface area (Å²) in [6.07, 6.45) is 7.51. The van der Waals surface area contributed by atoms with Crippen molar-refractivity contribution in [3.05, 3.63) is 65.2 Å². The topological polar surface area (TPSA) is 82.4 Å². The van der Waals surface area contributed by atoms with Gasteiger partial charge in [-0.3, -0.25) is 9.97 Å². The van der Waals surface area contributed by atoms with Gasteiger partial charge in [-0.25, -0.2) is 9.48 Å². The Morgan fingerprint density at radius 3 is 2.62 bits per heavy atom. The third-order valence-electron chi connectivity index (χ3n) is 9.89. The molecule has 3 aromatic heterocycles. The van der Waals surface area contributed by atoms with Crippen molar-refractivity contribution in [1.82, 2.24) is 24.6 Å². The van der Waals surface area contributed by atoms with Crippen LogP contribution in [0.1, 0.15) is 108 Å². The lowest BCUT2D eigenvalue weighted by molar-refractivity contribution is -0.0391. The van der Waals surface area contributed by atoms with Crippen LogP contribution in [0, 0.1) is 5.41 Å². The first-order chi connectivity index (χ1) is 20.0. The van der Waals surface area contributed by atoms with Gasteiger partial charge in [0.1, 0.15) is 5.60 Å². The zero-order valence-electron chi connectivity index (χ0n) is 26.0. The standard InChI is InChI=1S/C34H45N5O3/c1-32(2,3)42-31(40)38(22-24-12-7-9-19-35-24)20-17-23-13-11-14-26(36-23)29-28-25-16-18-34(6,33(25,4)5)30(28)37-39(29)27-15-8-10-21-41-27/h7,9,11-14,19,25,27H,8,10,15-18,20-22H2,1-6H3. The van der Waals surface area contributed by atoms with Crippen molar-refractivity contribution in [3.63, 3.8) is 0 Å². The van der Waals surface area contributed by atoms with E-state index in [1.54, 1.807) is 11.1 Å². The monoisotopic (exact) mass is 571 g/mol. The number of rotatable bonds is 7. The highest BCUT2D eigenvalue weighted by molar-refractivity contribution is 5.68. The predicted molar refractivity (Wildman–Crippen MR) is 162 cm³/mol. The summed E-state index contributed by atoms with van der Waals surface area (Å²) >= 11 is 0. The highest BCUT2D eigenvalue weighted by Gasteiger charge is 2.62. The maximum absolute atomic E-state index is 13.2. The lowest BCUT2D eigenvalue weighted by atomic mass is 9.70. The van der Waals surface area contributed by atoms with Gasteiger partial charge >= 0.3 is 6.09 Å². The van der Waals surface area contributed by atoms with E-state index in [1.807, 2.05) is 45.0 Å². The normalized spacial score (nSPS) is 24.4. The van der Waals surface area contributed by atoms with Gasteiger partial charge in [0.15, 0.2) is 6.23 Å². The van der Waals surface area contributed by atoms with Crippen LogP contribution < -0.4 is 0 Å². The highest BCUT2D eigenvalue weighted by Crippen LogP contribution is 2.69. The van der Waals surface area contributed by atoms with Crippen molar-refractivity contribution in [2.45, 2.75) is 110 Å². The van der Waals surface area contributed by atoms with Gasteiger partial charge in [0.2, 0.25) is 0 Å². The summed E-state index contributed by atoms with van der Waals surface area (Å²) in [6, 6.07) is 12.0. The number of pyridine rings is 2. The molecule has 0 spiro atoms. The first kappa shape index (κ1) is 28.8. The van der Waals surface area contributed by atoms with E-state index in [9.17, 15) is 4.79 Å². The number of hydrogen-bond acceptors (Lipinski definition) is 6. The number of hydrogen-bond donors (Lipinski definition) is 0. The second-order valence-electron chi connectivity index (χ2n) is 14.0. The zero-order chi connectivity index (χ0) is 29.7. The smallest absolute Gasteiger partial charge is 0.410 e. The fourth-order valence-corrected chi connectivity index (χ4v) is 7.24. The Kier molecular flexibility index (Phi) is 7.40. The van der Waals surface area contributed by atoms with Gasteiger partial charge in [-0.2, -0.15) is 5.10 Å². The molecule has 0 N–H and O–H groups in total. The summed E-state index contributed by atoms with van der Waals surface area (Å²) in [6.45, 7) is 14.5. The van der Waals surface area contributed by atoms with Gasteiger partial charge in [-0.05, 0) is 88.5 Å². The fraction of sp³-hybridized carbons (Fsp3) is 0.588. The van der Waals surface area contributed by atoms with E-state index in [-0.39, 0.29) is 23.2 Å². The Morgan fingerprint density at radius 2 is 1.90 bits per heavy atom. The van der Waals surface area contributed by atoms with E-state index < -0.39 is 5.60 Å². The summed E-state index contributed by atoms with van der Waals surface area (Å²) in [7, 11) is 0. The van der Waals surface area contributed by atoms with Crippen LogP contribution in [0.25, 0.3) is 11.4 Å². The average Bonchev–Trinajstić information content (AvgIpc) is 3.52. The minimum absolute atomic E-state index is 0.0542. The van der Waals surface area contributed by atoms with Crippen LogP contribution in [0.15, 0.2) is 42.6 Å². The molecule has 0 radical (unpaired) electrons. The second-order valence-corrected chi connectivity index (χ2v) is 14.0. The quantitative estimate of drug-likeness (QED) is 0.298. The number of fused-ring (bicyclic) bond motifs is 5. The molecule has 8 heteroatoms. The highest BCUT2D eigenvalue weighted by atomic mass is 16.6. The summed E-state index contributed by atoms with van der Waals surface area (Å²) in [5.41, 5.74) is 6.06. The SMILES string of the molecule is CC(C)(C)OC(=O)N(CCc1cccc(-c2c3c(nn2C2CCCCO2)C2(C)CCC3C2(C)C)n1)Cc1ccccn1. The van der Waals surface area contributed by atoms with Gasteiger partial charge in [0.05, 0.1) is 29.3 Å². The third kappa shape index (κ3) is 5.12. The maximum atomic E-state index is 13.2. The summed E-state index contributed by atoms with van der Waals surface area (Å²) in [5, 5.41) is 5.32. The summed E-state index contributed by atoms with van der Waals surface area (Å²) in [5.74, 6) is 0.455. The van der Waals surface area contributed by atoms with Crippen LogP contribution in [0.3, 0.4) is 0 Å². The lowest BCUT2D eigenvalue weighted by Crippen LogP contribution is -2.37. The lowest BCUT2D eigenvalue weighted by Gasteiger charge is -2.35. The van der Waals surface area contributed by atoms with Crippen molar-refractivity contribution in [3.8, 4) is 11.4 Å². The third-order valence-corrected chi connectivity index (χ3v) is 9.89. The van der Waals surface area contributed by atoms with E-state index in [0.717, 1.165) is 48.6 Å². The molecule has 3 atom stereocenters. The molecule has 8 nitrogen and oxygen atoms in total. The Labute approximate surface area is 249 Å². The minimum Gasteiger partial charge on any atom is -0.444 e. The predicted octanol–water partition coefficient (Wildman–Crippen LogP) is 7.19. The van der Waals surface area contributed by atoms with E-state index in [2.05, 4.69) is 42.6 Å². The number of carbonyl (C=O) groups is 1. The Balaban J connectivity index is 1.31. The molecule has 1 saturated heterocycles. The van der Waals surface area contributed by atoms with Crippen LogP contribution in [0.2, 0.25) is 0 Å². The molecule has 2 fully saturated rings. The maximum Gasteiger partial charge on any atom is 0.410 e. The Morgan fingerprint density at radius 1 is 1.10 bits per heavy atom. The van der Waals surface area contributed by atoms with E-state index in [0.29, 0.717) is 25.4 Å². The molecule has 224 valence electrons.